The highest BCUT2D eigenvalue weighted by atomic mass is 16.5. The first-order valence-corrected chi connectivity index (χ1v) is 12.1. The number of carbonyl (C=O) groups is 2. The number of rotatable bonds is 6. The monoisotopic (exact) mass is 465 g/mol. The van der Waals surface area contributed by atoms with E-state index in [0.717, 1.165) is 63.6 Å². The number of methoxy groups -OCH3 is 1. The van der Waals surface area contributed by atoms with Crippen LogP contribution in [0.1, 0.15) is 45.7 Å². The molecule has 2 aliphatic heterocycles. The van der Waals surface area contributed by atoms with Crippen molar-refractivity contribution in [3.63, 3.8) is 0 Å². The maximum Gasteiger partial charge on any atom is 0.337 e. The van der Waals surface area contributed by atoms with Gasteiger partial charge in [-0.05, 0) is 49.2 Å². The first kappa shape index (κ1) is 24.4. The number of piperazine rings is 1. The van der Waals surface area contributed by atoms with E-state index in [1.807, 2.05) is 29.2 Å². The summed E-state index contributed by atoms with van der Waals surface area (Å²) < 4.78 is 10.2. The minimum atomic E-state index is -0.324. The van der Waals surface area contributed by atoms with Crippen LogP contribution < -0.4 is 0 Å². The number of ether oxygens (including phenoxy) is 2. The average molecular weight is 466 g/mol. The Morgan fingerprint density at radius 3 is 1.85 bits per heavy atom. The van der Waals surface area contributed by atoms with E-state index in [9.17, 15) is 9.59 Å². The largest absolute Gasteiger partial charge is 0.465 e. The lowest BCUT2D eigenvalue weighted by Gasteiger charge is -2.44. The van der Waals surface area contributed by atoms with Crippen molar-refractivity contribution in [2.45, 2.75) is 39.0 Å². The van der Waals surface area contributed by atoms with Gasteiger partial charge in [0.1, 0.15) is 0 Å². The molecule has 2 aromatic rings. The predicted octanol–water partition coefficient (Wildman–Crippen LogP) is 3.04. The van der Waals surface area contributed by atoms with Gasteiger partial charge in [0, 0.05) is 56.9 Å². The summed E-state index contributed by atoms with van der Waals surface area (Å²) in [6, 6.07) is 15.8. The highest BCUT2D eigenvalue weighted by molar-refractivity contribution is 5.94. The normalized spacial score (nSPS) is 21.9. The number of benzene rings is 2. The molecule has 0 N–H and O–H groups in total. The first-order chi connectivity index (χ1) is 16.4. The average Bonchev–Trinajstić information content (AvgIpc) is 2.84. The minimum Gasteiger partial charge on any atom is -0.465 e. The third-order valence-electron chi connectivity index (χ3n) is 6.72. The lowest BCUT2D eigenvalue weighted by Crippen LogP contribution is -2.58. The van der Waals surface area contributed by atoms with E-state index in [1.165, 1.54) is 12.7 Å². The number of amides is 1. The number of carbonyl (C=O) groups excluding carboxylic acids is 2. The Morgan fingerprint density at radius 1 is 0.824 bits per heavy atom. The summed E-state index contributed by atoms with van der Waals surface area (Å²) in [5, 5.41) is 0. The molecule has 1 amide bonds. The van der Waals surface area contributed by atoms with E-state index in [0.29, 0.717) is 5.56 Å². The molecule has 2 aromatic carbocycles. The van der Waals surface area contributed by atoms with Crippen molar-refractivity contribution >= 4 is 11.9 Å². The molecule has 0 unspecified atom stereocenters. The molecule has 2 fully saturated rings. The van der Waals surface area contributed by atoms with Crippen LogP contribution in [0.2, 0.25) is 0 Å². The first-order valence-electron chi connectivity index (χ1n) is 12.1. The van der Waals surface area contributed by atoms with E-state index in [2.05, 4.69) is 35.8 Å². The summed E-state index contributed by atoms with van der Waals surface area (Å²) in [7, 11) is 1.39. The molecule has 34 heavy (non-hydrogen) atoms. The standard InChI is InChI=1S/C27H35N3O4/c1-20-16-29(19-23-6-10-25(11-7-23)27(32)33-3)17-21(2)30(20)26(31)24-8-4-22(5-9-24)18-28-12-14-34-15-13-28/h4-11,20-21H,12-19H2,1-3H3/t20-,21+. The lowest BCUT2D eigenvalue weighted by molar-refractivity contribution is 0.0268. The van der Waals surface area contributed by atoms with Crippen molar-refractivity contribution in [3.05, 3.63) is 70.8 Å². The fraction of sp³-hybridized carbons (Fsp3) is 0.481. The fourth-order valence-electron chi connectivity index (χ4n) is 5.00. The van der Waals surface area contributed by atoms with Gasteiger partial charge in [-0.2, -0.15) is 0 Å². The molecule has 7 nitrogen and oxygen atoms in total. The van der Waals surface area contributed by atoms with Gasteiger partial charge < -0.3 is 14.4 Å². The summed E-state index contributed by atoms with van der Waals surface area (Å²) >= 11 is 0. The van der Waals surface area contributed by atoms with Gasteiger partial charge in [0.25, 0.3) is 5.91 Å². The maximum atomic E-state index is 13.4. The molecule has 2 aliphatic rings. The lowest BCUT2D eigenvalue weighted by atomic mass is 10.0. The Bertz CT molecular complexity index is 958. The minimum absolute atomic E-state index is 0.0972. The Balaban J connectivity index is 1.34. The summed E-state index contributed by atoms with van der Waals surface area (Å²) in [4.78, 5) is 31.8. The van der Waals surface area contributed by atoms with Crippen LogP contribution in [0.25, 0.3) is 0 Å². The molecule has 0 aliphatic carbocycles. The van der Waals surface area contributed by atoms with Crippen LogP contribution in [0.3, 0.4) is 0 Å². The summed E-state index contributed by atoms with van der Waals surface area (Å²) in [5.41, 5.74) is 3.67. The Hall–Kier alpha value is -2.74. The molecule has 0 spiro atoms. The van der Waals surface area contributed by atoms with Gasteiger partial charge >= 0.3 is 5.97 Å². The quantitative estimate of drug-likeness (QED) is 0.611. The van der Waals surface area contributed by atoms with Crippen LogP contribution >= 0.6 is 0 Å². The van der Waals surface area contributed by atoms with E-state index >= 15 is 0 Å². The SMILES string of the molecule is COC(=O)c1ccc(CN2C[C@@H](C)N(C(=O)c3ccc(CN4CCOCC4)cc3)[C@@H](C)C2)cc1. The van der Waals surface area contributed by atoms with Crippen molar-refractivity contribution in [1.82, 2.24) is 14.7 Å². The number of esters is 1. The van der Waals surface area contributed by atoms with Gasteiger partial charge in [0.05, 0.1) is 25.9 Å². The molecular formula is C27H35N3O4. The van der Waals surface area contributed by atoms with Crippen LogP contribution in [0.4, 0.5) is 0 Å². The Morgan fingerprint density at radius 2 is 1.32 bits per heavy atom. The topological polar surface area (TPSA) is 62.3 Å². The van der Waals surface area contributed by atoms with Gasteiger partial charge in [-0.15, -0.1) is 0 Å². The third-order valence-corrected chi connectivity index (χ3v) is 6.72. The summed E-state index contributed by atoms with van der Waals surface area (Å²) in [6.07, 6.45) is 0. The second-order valence-electron chi connectivity index (χ2n) is 9.38. The van der Waals surface area contributed by atoms with Gasteiger partial charge in [0.15, 0.2) is 0 Å². The second-order valence-corrected chi connectivity index (χ2v) is 9.38. The predicted molar refractivity (Wildman–Crippen MR) is 131 cm³/mol. The number of morpholine rings is 1. The van der Waals surface area contributed by atoms with E-state index in [1.54, 1.807) is 12.1 Å². The second kappa shape index (κ2) is 11.1. The molecular weight excluding hydrogens is 430 g/mol. The number of nitrogens with zero attached hydrogens (tertiary/aromatic N) is 3. The van der Waals surface area contributed by atoms with Crippen LogP contribution in [-0.4, -0.2) is 85.2 Å². The van der Waals surface area contributed by atoms with E-state index in [4.69, 9.17) is 9.47 Å². The zero-order chi connectivity index (χ0) is 24.1. The van der Waals surface area contributed by atoms with E-state index in [-0.39, 0.29) is 24.0 Å². The maximum absolute atomic E-state index is 13.4. The van der Waals surface area contributed by atoms with Gasteiger partial charge in [0.2, 0.25) is 0 Å². The van der Waals surface area contributed by atoms with Crippen molar-refractivity contribution < 1.29 is 19.1 Å². The van der Waals surface area contributed by atoms with Crippen molar-refractivity contribution in [3.8, 4) is 0 Å². The molecule has 2 heterocycles. The number of hydrogen-bond acceptors (Lipinski definition) is 6. The zero-order valence-electron chi connectivity index (χ0n) is 20.4. The molecule has 4 rings (SSSR count). The molecule has 0 radical (unpaired) electrons. The zero-order valence-corrected chi connectivity index (χ0v) is 20.4. The van der Waals surface area contributed by atoms with E-state index < -0.39 is 0 Å². The van der Waals surface area contributed by atoms with Crippen LogP contribution in [0.5, 0.6) is 0 Å². The summed E-state index contributed by atoms with van der Waals surface area (Å²) in [6.45, 7) is 11.0. The van der Waals surface area contributed by atoms with Crippen LogP contribution in [0.15, 0.2) is 48.5 Å². The van der Waals surface area contributed by atoms with Crippen molar-refractivity contribution in [2.24, 2.45) is 0 Å². The molecule has 182 valence electrons. The highest BCUT2D eigenvalue weighted by Crippen LogP contribution is 2.21. The summed E-state index contributed by atoms with van der Waals surface area (Å²) in [5.74, 6) is -0.227. The van der Waals surface area contributed by atoms with Crippen LogP contribution in [-0.2, 0) is 22.6 Å². The molecule has 2 atom stereocenters. The van der Waals surface area contributed by atoms with Gasteiger partial charge in [-0.25, -0.2) is 4.79 Å². The molecule has 0 bridgehead atoms. The van der Waals surface area contributed by atoms with Crippen LogP contribution in [0, 0.1) is 0 Å². The van der Waals surface area contributed by atoms with Crippen molar-refractivity contribution in [1.29, 1.82) is 0 Å². The highest BCUT2D eigenvalue weighted by Gasteiger charge is 2.33. The Labute approximate surface area is 202 Å². The molecule has 2 saturated heterocycles. The number of hydrogen-bond donors (Lipinski definition) is 0. The van der Waals surface area contributed by atoms with Gasteiger partial charge in [-0.1, -0.05) is 24.3 Å². The smallest absolute Gasteiger partial charge is 0.337 e. The van der Waals surface area contributed by atoms with Gasteiger partial charge in [-0.3, -0.25) is 14.6 Å². The molecule has 0 saturated carbocycles. The molecule has 7 heteroatoms. The third kappa shape index (κ3) is 5.84. The fourth-order valence-corrected chi connectivity index (χ4v) is 5.00. The van der Waals surface area contributed by atoms with Crippen molar-refractivity contribution in [2.75, 3.05) is 46.5 Å². The molecule has 0 aromatic heterocycles. The Kier molecular flexibility index (Phi) is 7.98.